The summed E-state index contributed by atoms with van der Waals surface area (Å²) in [6, 6.07) is 3.53. The van der Waals surface area contributed by atoms with Crippen molar-refractivity contribution in [2.75, 3.05) is 23.6 Å². The van der Waals surface area contributed by atoms with Crippen molar-refractivity contribution >= 4 is 15.8 Å². The lowest BCUT2D eigenvalue weighted by atomic mass is 10.0. The van der Waals surface area contributed by atoms with Crippen molar-refractivity contribution in [3.05, 3.63) is 23.9 Å². The molecule has 2 N–H and O–H groups in total. The predicted octanol–water partition coefficient (Wildman–Crippen LogP) is 1.13. The summed E-state index contributed by atoms with van der Waals surface area (Å²) in [5, 5.41) is 3.23. The number of sulfonamides is 1. The standard InChI is InChI=1S/C12H19N3O2S/c1-10-2-3-12(14-8-10)15-18(16,17)9-11-4-6-13-7-5-11/h2-3,8,11,13H,4-7,9H2,1H3,(H,14,15). The molecule has 1 saturated heterocycles. The van der Waals surface area contributed by atoms with Crippen LogP contribution < -0.4 is 10.0 Å². The minimum atomic E-state index is -3.29. The van der Waals surface area contributed by atoms with E-state index >= 15 is 0 Å². The van der Waals surface area contributed by atoms with E-state index in [4.69, 9.17) is 0 Å². The van der Waals surface area contributed by atoms with Crippen LogP contribution in [-0.2, 0) is 10.0 Å². The molecule has 5 nitrogen and oxygen atoms in total. The van der Waals surface area contributed by atoms with Gasteiger partial charge in [0.25, 0.3) is 0 Å². The van der Waals surface area contributed by atoms with Crippen molar-refractivity contribution in [2.24, 2.45) is 5.92 Å². The van der Waals surface area contributed by atoms with Gasteiger partial charge in [0.1, 0.15) is 5.82 Å². The fourth-order valence-corrected chi connectivity index (χ4v) is 3.56. The molecule has 2 rings (SSSR count). The van der Waals surface area contributed by atoms with Gasteiger partial charge < -0.3 is 5.32 Å². The number of pyridine rings is 1. The number of aryl methyl sites for hydroxylation is 1. The van der Waals surface area contributed by atoms with Gasteiger partial charge in [-0.2, -0.15) is 0 Å². The van der Waals surface area contributed by atoms with Crippen LogP contribution in [-0.4, -0.2) is 32.2 Å². The highest BCUT2D eigenvalue weighted by molar-refractivity contribution is 7.92. The molecule has 1 aliphatic rings. The van der Waals surface area contributed by atoms with E-state index in [2.05, 4.69) is 15.0 Å². The summed E-state index contributed by atoms with van der Waals surface area (Å²) in [7, 11) is -3.29. The number of nitrogens with one attached hydrogen (secondary N) is 2. The van der Waals surface area contributed by atoms with Crippen LogP contribution in [0, 0.1) is 12.8 Å². The van der Waals surface area contributed by atoms with Crippen LogP contribution in [0.5, 0.6) is 0 Å². The van der Waals surface area contributed by atoms with E-state index in [1.807, 2.05) is 13.0 Å². The molecule has 6 heteroatoms. The fraction of sp³-hybridized carbons (Fsp3) is 0.583. The monoisotopic (exact) mass is 269 g/mol. The maximum Gasteiger partial charge on any atom is 0.234 e. The topological polar surface area (TPSA) is 71.1 Å². The maximum absolute atomic E-state index is 12.0. The van der Waals surface area contributed by atoms with Gasteiger partial charge in [-0.25, -0.2) is 13.4 Å². The second kappa shape index (κ2) is 5.67. The summed E-state index contributed by atoms with van der Waals surface area (Å²) in [6.07, 6.45) is 3.49. The highest BCUT2D eigenvalue weighted by Crippen LogP contribution is 2.15. The molecule has 0 aromatic carbocycles. The summed E-state index contributed by atoms with van der Waals surface area (Å²) in [5.41, 5.74) is 1.01. The Morgan fingerprint density at radius 1 is 1.39 bits per heavy atom. The van der Waals surface area contributed by atoms with E-state index < -0.39 is 10.0 Å². The normalized spacial score (nSPS) is 17.6. The number of hydrogen-bond donors (Lipinski definition) is 2. The lowest BCUT2D eigenvalue weighted by Gasteiger charge is -2.22. The molecule has 0 radical (unpaired) electrons. The molecule has 0 aliphatic carbocycles. The SMILES string of the molecule is Cc1ccc(NS(=O)(=O)CC2CCNCC2)nc1. The number of piperidine rings is 1. The van der Waals surface area contributed by atoms with Crippen molar-refractivity contribution in [1.82, 2.24) is 10.3 Å². The number of hydrogen-bond acceptors (Lipinski definition) is 4. The number of aromatic nitrogens is 1. The quantitative estimate of drug-likeness (QED) is 0.859. The fourth-order valence-electron chi connectivity index (χ4n) is 2.09. The van der Waals surface area contributed by atoms with Gasteiger partial charge >= 0.3 is 0 Å². The van der Waals surface area contributed by atoms with Crippen LogP contribution >= 0.6 is 0 Å². The molecule has 2 heterocycles. The third-order valence-electron chi connectivity index (χ3n) is 3.09. The number of rotatable bonds is 4. The maximum atomic E-state index is 12.0. The Hall–Kier alpha value is -1.14. The Labute approximate surface area is 108 Å². The summed E-state index contributed by atoms with van der Waals surface area (Å²) >= 11 is 0. The average Bonchev–Trinajstić information content (AvgIpc) is 2.32. The Balaban J connectivity index is 1.96. The Bertz CT molecular complexity index is 479. The van der Waals surface area contributed by atoms with E-state index in [9.17, 15) is 8.42 Å². The van der Waals surface area contributed by atoms with Gasteiger partial charge in [-0.1, -0.05) is 6.07 Å². The molecule has 0 atom stereocenters. The summed E-state index contributed by atoms with van der Waals surface area (Å²) in [6.45, 7) is 3.73. The molecule has 0 spiro atoms. The van der Waals surface area contributed by atoms with E-state index in [0.29, 0.717) is 5.82 Å². The highest BCUT2D eigenvalue weighted by atomic mass is 32.2. The van der Waals surface area contributed by atoms with Gasteiger partial charge in [0.2, 0.25) is 10.0 Å². The third kappa shape index (κ3) is 3.96. The van der Waals surface area contributed by atoms with Gasteiger partial charge in [-0.3, -0.25) is 4.72 Å². The largest absolute Gasteiger partial charge is 0.317 e. The smallest absolute Gasteiger partial charge is 0.234 e. The van der Waals surface area contributed by atoms with Gasteiger partial charge in [-0.05, 0) is 50.4 Å². The first-order valence-corrected chi connectivity index (χ1v) is 7.84. The molecule has 0 amide bonds. The van der Waals surface area contributed by atoms with Crippen molar-refractivity contribution in [3.8, 4) is 0 Å². The van der Waals surface area contributed by atoms with Crippen molar-refractivity contribution in [2.45, 2.75) is 19.8 Å². The molecule has 1 aliphatic heterocycles. The van der Waals surface area contributed by atoms with Crippen LogP contribution in [0.1, 0.15) is 18.4 Å². The van der Waals surface area contributed by atoms with Gasteiger partial charge in [0, 0.05) is 6.20 Å². The molecule has 0 saturated carbocycles. The molecule has 0 bridgehead atoms. The third-order valence-corrected chi connectivity index (χ3v) is 4.52. The number of anilines is 1. The second-order valence-corrected chi connectivity index (χ2v) is 6.56. The zero-order valence-corrected chi connectivity index (χ0v) is 11.3. The second-order valence-electron chi connectivity index (χ2n) is 4.80. The Morgan fingerprint density at radius 3 is 2.72 bits per heavy atom. The van der Waals surface area contributed by atoms with Crippen molar-refractivity contribution < 1.29 is 8.42 Å². The zero-order chi connectivity index (χ0) is 13.0. The van der Waals surface area contributed by atoms with E-state index in [-0.39, 0.29) is 11.7 Å². The van der Waals surface area contributed by atoms with Crippen LogP contribution in [0.15, 0.2) is 18.3 Å². The van der Waals surface area contributed by atoms with Crippen molar-refractivity contribution in [1.29, 1.82) is 0 Å². The molecule has 100 valence electrons. The van der Waals surface area contributed by atoms with E-state index in [1.165, 1.54) is 0 Å². The van der Waals surface area contributed by atoms with Crippen LogP contribution in [0.2, 0.25) is 0 Å². The van der Waals surface area contributed by atoms with Crippen molar-refractivity contribution in [3.63, 3.8) is 0 Å². The summed E-state index contributed by atoms with van der Waals surface area (Å²) in [5.74, 6) is 0.827. The summed E-state index contributed by atoms with van der Waals surface area (Å²) < 4.78 is 26.5. The zero-order valence-electron chi connectivity index (χ0n) is 10.5. The van der Waals surface area contributed by atoms with Crippen LogP contribution in [0.4, 0.5) is 5.82 Å². The van der Waals surface area contributed by atoms with Crippen LogP contribution in [0.3, 0.4) is 0 Å². The molecular weight excluding hydrogens is 250 g/mol. The molecular formula is C12H19N3O2S. The molecule has 1 aromatic heterocycles. The molecule has 0 unspecified atom stereocenters. The summed E-state index contributed by atoms with van der Waals surface area (Å²) in [4.78, 5) is 4.05. The minimum Gasteiger partial charge on any atom is -0.317 e. The van der Waals surface area contributed by atoms with Crippen LogP contribution in [0.25, 0.3) is 0 Å². The lowest BCUT2D eigenvalue weighted by Crippen LogP contribution is -2.33. The first-order chi connectivity index (χ1) is 8.55. The van der Waals surface area contributed by atoms with Gasteiger partial charge in [0.05, 0.1) is 5.75 Å². The number of nitrogens with zero attached hydrogens (tertiary/aromatic N) is 1. The molecule has 18 heavy (non-hydrogen) atoms. The van der Waals surface area contributed by atoms with E-state index in [1.54, 1.807) is 12.3 Å². The lowest BCUT2D eigenvalue weighted by molar-refractivity contribution is 0.402. The Kier molecular flexibility index (Phi) is 4.19. The average molecular weight is 269 g/mol. The predicted molar refractivity (Wildman–Crippen MR) is 72.0 cm³/mol. The molecule has 1 fully saturated rings. The first-order valence-electron chi connectivity index (χ1n) is 6.19. The molecule has 1 aromatic rings. The van der Waals surface area contributed by atoms with Gasteiger partial charge in [0.15, 0.2) is 0 Å². The first kappa shape index (κ1) is 13.3. The Morgan fingerprint density at radius 2 is 2.11 bits per heavy atom. The minimum absolute atomic E-state index is 0.185. The van der Waals surface area contributed by atoms with E-state index in [0.717, 1.165) is 31.5 Å². The van der Waals surface area contributed by atoms with Gasteiger partial charge in [-0.15, -0.1) is 0 Å². The highest BCUT2D eigenvalue weighted by Gasteiger charge is 2.21.